The standard InChI is InChI=1S/C11H9N3S/c1-8-6-7-15-11(8)14-10-5-3-2-4-9(10)12-13-14/h2-7H,1H3. The van der Waals surface area contributed by atoms with Gasteiger partial charge in [0.1, 0.15) is 10.5 Å². The summed E-state index contributed by atoms with van der Waals surface area (Å²) in [4.78, 5) is 0. The molecule has 0 bridgehead atoms. The van der Waals surface area contributed by atoms with E-state index in [1.165, 1.54) is 5.56 Å². The van der Waals surface area contributed by atoms with E-state index < -0.39 is 0 Å². The van der Waals surface area contributed by atoms with Crippen LogP contribution in [0.5, 0.6) is 0 Å². The van der Waals surface area contributed by atoms with Gasteiger partial charge in [0.15, 0.2) is 0 Å². The van der Waals surface area contributed by atoms with Crippen LogP contribution in [0.2, 0.25) is 0 Å². The highest BCUT2D eigenvalue weighted by atomic mass is 32.1. The second kappa shape index (κ2) is 3.17. The van der Waals surface area contributed by atoms with Crippen LogP contribution in [0.4, 0.5) is 0 Å². The van der Waals surface area contributed by atoms with E-state index in [-0.39, 0.29) is 0 Å². The molecule has 0 unspecified atom stereocenters. The van der Waals surface area contributed by atoms with E-state index >= 15 is 0 Å². The normalized spacial score (nSPS) is 11.0. The van der Waals surface area contributed by atoms with Gasteiger partial charge in [-0.2, -0.15) is 0 Å². The first-order valence-electron chi connectivity index (χ1n) is 4.71. The van der Waals surface area contributed by atoms with Crippen LogP contribution in [-0.2, 0) is 0 Å². The van der Waals surface area contributed by atoms with Gasteiger partial charge in [0.25, 0.3) is 0 Å². The Balaban J connectivity index is 2.32. The van der Waals surface area contributed by atoms with Crippen LogP contribution in [0.25, 0.3) is 16.0 Å². The van der Waals surface area contributed by atoms with Gasteiger partial charge in [-0.3, -0.25) is 0 Å². The maximum Gasteiger partial charge on any atom is 0.122 e. The number of benzene rings is 1. The predicted molar refractivity (Wildman–Crippen MR) is 61.5 cm³/mol. The quantitative estimate of drug-likeness (QED) is 0.625. The van der Waals surface area contributed by atoms with E-state index in [1.54, 1.807) is 11.3 Å². The zero-order valence-corrected chi connectivity index (χ0v) is 9.03. The first-order valence-corrected chi connectivity index (χ1v) is 5.59. The summed E-state index contributed by atoms with van der Waals surface area (Å²) in [5.41, 5.74) is 3.23. The molecule has 0 saturated carbocycles. The molecule has 0 radical (unpaired) electrons. The minimum absolute atomic E-state index is 0.935. The topological polar surface area (TPSA) is 30.7 Å². The molecular formula is C11H9N3S. The number of hydrogen-bond donors (Lipinski definition) is 0. The van der Waals surface area contributed by atoms with Crippen molar-refractivity contribution < 1.29 is 0 Å². The van der Waals surface area contributed by atoms with Crippen molar-refractivity contribution in [3.63, 3.8) is 0 Å². The molecule has 2 heterocycles. The van der Waals surface area contributed by atoms with Gasteiger partial charge in [-0.1, -0.05) is 17.3 Å². The molecule has 3 rings (SSSR count). The lowest BCUT2D eigenvalue weighted by molar-refractivity contribution is 0.831. The lowest BCUT2D eigenvalue weighted by atomic mass is 10.3. The SMILES string of the molecule is Cc1ccsc1-n1nnc2ccccc21. The van der Waals surface area contributed by atoms with Crippen molar-refractivity contribution in [2.45, 2.75) is 6.92 Å². The summed E-state index contributed by atoms with van der Waals surface area (Å²) in [6.45, 7) is 2.09. The number of fused-ring (bicyclic) bond motifs is 1. The van der Waals surface area contributed by atoms with Crippen molar-refractivity contribution in [2.24, 2.45) is 0 Å². The van der Waals surface area contributed by atoms with Crippen LogP contribution in [-0.4, -0.2) is 15.0 Å². The van der Waals surface area contributed by atoms with Gasteiger partial charge in [0.2, 0.25) is 0 Å². The van der Waals surface area contributed by atoms with Crippen LogP contribution in [0.3, 0.4) is 0 Å². The molecule has 0 aliphatic rings. The molecule has 0 spiro atoms. The van der Waals surface area contributed by atoms with Gasteiger partial charge >= 0.3 is 0 Å². The lowest BCUT2D eigenvalue weighted by Gasteiger charge is -1.99. The second-order valence-corrected chi connectivity index (χ2v) is 4.29. The Kier molecular flexibility index (Phi) is 1.82. The number of aromatic nitrogens is 3. The van der Waals surface area contributed by atoms with Crippen molar-refractivity contribution in [2.75, 3.05) is 0 Å². The van der Waals surface area contributed by atoms with E-state index in [0.29, 0.717) is 0 Å². The molecular weight excluding hydrogens is 206 g/mol. The Morgan fingerprint density at radius 3 is 2.87 bits per heavy atom. The Bertz CT molecular complexity index is 609. The molecule has 0 aliphatic carbocycles. The lowest BCUT2D eigenvalue weighted by Crippen LogP contribution is -1.94. The van der Waals surface area contributed by atoms with Crippen molar-refractivity contribution in [3.8, 4) is 5.00 Å². The van der Waals surface area contributed by atoms with E-state index in [1.807, 2.05) is 28.9 Å². The Hall–Kier alpha value is -1.68. The number of thiophene rings is 1. The smallest absolute Gasteiger partial charge is 0.122 e. The second-order valence-electron chi connectivity index (χ2n) is 3.40. The van der Waals surface area contributed by atoms with Crippen LogP contribution in [0, 0.1) is 6.92 Å². The first-order chi connectivity index (χ1) is 7.36. The number of para-hydroxylation sites is 1. The molecule has 2 aromatic heterocycles. The maximum atomic E-state index is 4.18. The zero-order valence-electron chi connectivity index (χ0n) is 8.21. The highest BCUT2D eigenvalue weighted by Gasteiger charge is 2.08. The monoisotopic (exact) mass is 215 g/mol. The van der Waals surface area contributed by atoms with Crippen molar-refractivity contribution in [3.05, 3.63) is 41.3 Å². The molecule has 0 fully saturated rings. The molecule has 0 amide bonds. The van der Waals surface area contributed by atoms with E-state index in [4.69, 9.17) is 0 Å². The summed E-state index contributed by atoms with van der Waals surface area (Å²) in [7, 11) is 0. The van der Waals surface area contributed by atoms with Gasteiger partial charge in [-0.15, -0.1) is 16.4 Å². The van der Waals surface area contributed by atoms with Gasteiger partial charge < -0.3 is 0 Å². The van der Waals surface area contributed by atoms with Crippen molar-refractivity contribution in [1.82, 2.24) is 15.0 Å². The molecule has 3 aromatic rings. The average molecular weight is 215 g/mol. The summed E-state index contributed by atoms with van der Waals surface area (Å²) in [5.74, 6) is 0. The van der Waals surface area contributed by atoms with Crippen LogP contribution < -0.4 is 0 Å². The van der Waals surface area contributed by atoms with E-state index in [0.717, 1.165) is 16.0 Å². The highest BCUT2D eigenvalue weighted by molar-refractivity contribution is 7.12. The minimum Gasteiger partial charge on any atom is -0.202 e. The van der Waals surface area contributed by atoms with Gasteiger partial charge in [-0.25, -0.2) is 4.68 Å². The van der Waals surface area contributed by atoms with E-state index in [2.05, 4.69) is 28.7 Å². The Morgan fingerprint density at radius 2 is 2.07 bits per heavy atom. The van der Waals surface area contributed by atoms with Crippen LogP contribution >= 0.6 is 11.3 Å². The molecule has 0 saturated heterocycles. The largest absolute Gasteiger partial charge is 0.202 e. The Labute approximate surface area is 91.0 Å². The fourth-order valence-corrected chi connectivity index (χ4v) is 2.49. The maximum absolute atomic E-state index is 4.18. The third-order valence-electron chi connectivity index (χ3n) is 2.38. The molecule has 0 N–H and O–H groups in total. The molecule has 0 atom stereocenters. The molecule has 1 aromatic carbocycles. The number of aryl methyl sites for hydroxylation is 1. The predicted octanol–water partition coefficient (Wildman–Crippen LogP) is 2.79. The fraction of sp³-hybridized carbons (Fsp3) is 0.0909. The van der Waals surface area contributed by atoms with E-state index in [9.17, 15) is 0 Å². The molecule has 4 heteroatoms. The first kappa shape index (κ1) is 8.61. The minimum atomic E-state index is 0.935. The molecule has 74 valence electrons. The average Bonchev–Trinajstić information content (AvgIpc) is 2.83. The molecule has 15 heavy (non-hydrogen) atoms. The van der Waals surface area contributed by atoms with Gasteiger partial charge in [-0.05, 0) is 36.1 Å². The fourth-order valence-electron chi connectivity index (χ4n) is 1.60. The summed E-state index contributed by atoms with van der Waals surface area (Å²) in [6, 6.07) is 10.1. The summed E-state index contributed by atoms with van der Waals surface area (Å²) < 4.78 is 1.90. The highest BCUT2D eigenvalue weighted by Crippen LogP contribution is 2.23. The third-order valence-corrected chi connectivity index (χ3v) is 3.37. The van der Waals surface area contributed by atoms with Crippen LogP contribution in [0.15, 0.2) is 35.7 Å². The summed E-state index contributed by atoms with van der Waals surface area (Å²) in [6.07, 6.45) is 0. The number of rotatable bonds is 1. The molecule has 3 nitrogen and oxygen atoms in total. The summed E-state index contributed by atoms with van der Waals surface area (Å²) in [5, 5.41) is 11.5. The van der Waals surface area contributed by atoms with Crippen molar-refractivity contribution >= 4 is 22.4 Å². The molecule has 0 aliphatic heterocycles. The number of nitrogens with zero attached hydrogens (tertiary/aromatic N) is 3. The van der Waals surface area contributed by atoms with Gasteiger partial charge in [0.05, 0.1) is 5.52 Å². The number of hydrogen-bond acceptors (Lipinski definition) is 3. The zero-order chi connectivity index (χ0) is 10.3. The third kappa shape index (κ3) is 1.26. The van der Waals surface area contributed by atoms with Crippen molar-refractivity contribution in [1.29, 1.82) is 0 Å². The summed E-state index contributed by atoms with van der Waals surface area (Å²) >= 11 is 1.68. The Morgan fingerprint density at radius 1 is 1.20 bits per heavy atom. The van der Waals surface area contributed by atoms with Crippen LogP contribution in [0.1, 0.15) is 5.56 Å². The van der Waals surface area contributed by atoms with Gasteiger partial charge in [0, 0.05) is 0 Å².